The number of anilines is 1. The summed E-state index contributed by atoms with van der Waals surface area (Å²) in [6.07, 6.45) is 5.59. The van der Waals surface area contributed by atoms with Gasteiger partial charge in [-0.2, -0.15) is 0 Å². The molecule has 1 aromatic carbocycles. The first-order valence-electron chi connectivity index (χ1n) is 10.3. The van der Waals surface area contributed by atoms with Gasteiger partial charge in [0.25, 0.3) is 0 Å². The van der Waals surface area contributed by atoms with Gasteiger partial charge in [0.05, 0.1) is 24.1 Å². The van der Waals surface area contributed by atoms with Crippen molar-refractivity contribution in [2.45, 2.75) is 62.8 Å². The summed E-state index contributed by atoms with van der Waals surface area (Å²) in [5.41, 5.74) is 0.949. The fourth-order valence-corrected chi connectivity index (χ4v) is 6.17. The molecule has 28 heavy (non-hydrogen) atoms. The minimum Gasteiger partial charge on any atom is -0.457 e. The molecule has 7 heteroatoms. The number of hydrogen-bond donors (Lipinski definition) is 1. The summed E-state index contributed by atoms with van der Waals surface area (Å²) in [5, 5.41) is 12.0. The predicted molar refractivity (Wildman–Crippen MR) is 111 cm³/mol. The van der Waals surface area contributed by atoms with Gasteiger partial charge in [0, 0.05) is 17.3 Å². The second kappa shape index (κ2) is 7.15. The maximum Gasteiger partial charge on any atom is 0.311 e. The largest absolute Gasteiger partial charge is 0.457 e. The highest BCUT2D eigenvalue weighted by Crippen LogP contribution is 2.46. The van der Waals surface area contributed by atoms with E-state index < -0.39 is 12.2 Å². The number of nitrogens with zero attached hydrogens (tertiary/aromatic N) is 2. The molecule has 1 N–H and O–H groups in total. The van der Waals surface area contributed by atoms with E-state index >= 15 is 0 Å². The Labute approximate surface area is 175 Å². The Morgan fingerprint density at radius 2 is 1.86 bits per heavy atom. The third kappa shape index (κ3) is 2.92. The van der Waals surface area contributed by atoms with Gasteiger partial charge in [-0.15, -0.1) is 0 Å². The maximum atomic E-state index is 12.5. The van der Waals surface area contributed by atoms with Gasteiger partial charge in [-0.3, -0.25) is 4.79 Å². The van der Waals surface area contributed by atoms with E-state index in [1.807, 2.05) is 24.3 Å². The molecule has 5 fully saturated rings. The second-order valence-electron chi connectivity index (χ2n) is 8.58. The summed E-state index contributed by atoms with van der Waals surface area (Å²) in [6, 6.07) is 7.45. The van der Waals surface area contributed by atoms with Gasteiger partial charge in [-0.05, 0) is 61.7 Å². The number of fused-ring (bicyclic) bond motifs is 2. The highest BCUT2D eigenvalue weighted by molar-refractivity contribution is 7.80. The van der Waals surface area contributed by atoms with Crippen LogP contribution in [-0.2, 0) is 9.53 Å². The Morgan fingerprint density at radius 3 is 2.57 bits per heavy atom. The number of thiocarbonyl (C=S) groups is 1. The molecule has 0 radical (unpaired) electrons. The van der Waals surface area contributed by atoms with Crippen molar-refractivity contribution >= 4 is 40.6 Å². The maximum absolute atomic E-state index is 12.5. The van der Waals surface area contributed by atoms with Gasteiger partial charge in [0.2, 0.25) is 0 Å². The molecule has 2 bridgehead atoms. The van der Waals surface area contributed by atoms with E-state index in [1.165, 1.54) is 32.1 Å². The van der Waals surface area contributed by atoms with E-state index in [9.17, 15) is 9.90 Å². The van der Waals surface area contributed by atoms with Gasteiger partial charge in [-0.1, -0.05) is 30.9 Å². The summed E-state index contributed by atoms with van der Waals surface area (Å²) < 4.78 is 5.64. The van der Waals surface area contributed by atoms with E-state index in [0.717, 1.165) is 17.3 Å². The SMILES string of the molecule is O=C1OC2C(O)CC1C1C2N(CC2CCCCC2)C(=S)N1c1ccc(Cl)cc1. The Kier molecular flexibility index (Phi) is 4.76. The van der Waals surface area contributed by atoms with Crippen molar-refractivity contribution in [2.24, 2.45) is 11.8 Å². The van der Waals surface area contributed by atoms with Gasteiger partial charge < -0.3 is 19.6 Å². The van der Waals surface area contributed by atoms with Gasteiger partial charge in [0.15, 0.2) is 5.11 Å². The average molecular weight is 421 g/mol. The summed E-state index contributed by atoms with van der Waals surface area (Å²) >= 11 is 12.0. The molecule has 2 saturated carbocycles. The molecule has 6 rings (SSSR count). The highest BCUT2D eigenvalue weighted by atomic mass is 35.5. The van der Waals surface area contributed by atoms with Crippen molar-refractivity contribution in [1.82, 2.24) is 4.90 Å². The van der Waals surface area contributed by atoms with Crippen molar-refractivity contribution < 1.29 is 14.6 Å². The zero-order chi connectivity index (χ0) is 19.4. The Hall–Kier alpha value is -1.37. The molecule has 3 heterocycles. The van der Waals surface area contributed by atoms with Crippen LogP contribution < -0.4 is 4.90 Å². The van der Waals surface area contributed by atoms with Crippen molar-refractivity contribution in [3.05, 3.63) is 29.3 Å². The van der Waals surface area contributed by atoms with Crippen LogP contribution in [0.2, 0.25) is 5.02 Å². The van der Waals surface area contributed by atoms with Gasteiger partial charge >= 0.3 is 5.97 Å². The van der Waals surface area contributed by atoms with E-state index in [-0.39, 0.29) is 24.0 Å². The minimum atomic E-state index is -0.620. The third-order valence-electron chi connectivity index (χ3n) is 6.92. The van der Waals surface area contributed by atoms with E-state index in [4.69, 9.17) is 28.6 Å². The van der Waals surface area contributed by atoms with E-state index in [2.05, 4.69) is 9.80 Å². The molecule has 0 aromatic heterocycles. The van der Waals surface area contributed by atoms with Crippen LogP contribution in [0.1, 0.15) is 38.5 Å². The molecule has 3 saturated heterocycles. The minimum absolute atomic E-state index is 0.0865. The molecule has 5 unspecified atom stereocenters. The van der Waals surface area contributed by atoms with E-state index in [1.54, 1.807) is 0 Å². The second-order valence-corrected chi connectivity index (χ2v) is 9.38. The quantitative estimate of drug-likeness (QED) is 0.597. The number of rotatable bonds is 3. The molecule has 3 aliphatic heterocycles. The Morgan fingerprint density at radius 1 is 1.14 bits per heavy atom. The molecule has 2 aliphatic carbocycles. The van der Waals surface area contributed by atoms with Crippen LogP contribution in [0.25, 0.3) is 0 Å². The first-order chi connectivity index (χ1) is 13.5. The normalized spacial score (nSPS) is 35.3. The van der Waals surface area contributed by atoms with Crippen LogP contribution in [0.5, 0.6) is 0 Å². The number of carbonyl (C=O) groups is 1. The van der Waals surface area contributed by atoms with E-state index in [0.29, 0.717) is 17.4 Å². The molecule has 5 atom stereocenters. The topological polar surface area (TPSA) is 53.0 Å². The average Bonchev–Trinajstić information content (AvgIpc) is 2.98. The summed E-state index contributed by atoms with van der Waals surface area (Å²) in [5.74, 6) is 0.0265. The van der Waals surface area contributed by atoms with Crippen molar-refractivity contribution in [1.29, 1.82) is 0 Å². The Balaban J connectivity index is 1.52. The lowest BCUT2D eigenvalue weighted by Gasteiger charge is -2.49. The van der Waals surface area contributed by atoms with Crippen molar-refractivity contribution in [3.8, 4) is 0 Å². The zero-order valence-electron chi connectivity index (χ0n) is 15.7. The van der Waals surface area contributed by atoms with Crippen LogP contribution in [0.3, 0.4) is 0 Å². The first kappa shape index (κ1) is 18.6. The summed E-state index contributed by atoms with van der Waals surface area (Å²) in [7, 11) is 0. The molecule has 0 amide bonds. The summed E-state index contributed by atoms with van der Waals surface area (Å²) in [6.45, 7) is 0.873. The lowest BCUT2D eigenvalue weighted by atomic mass is 9.74. The number of aliphatic hydroxyl groups is 1. The molecular formula is C21H25ClN2O3S. The monoisotopic (exact) mass is 420 g/mol. The molecule has 150 valence electrons. The van der Waals surface area contributed by atoms with Crippen LogP contribution in [0.4, 0.5) is 5.69 Å². The number of esters is 1. The van der Waals surface area contributed by atoms with Crippen molar-refractivity contribution in [2.75, 3.05) is 11.4 Å². The molecular weight excluding hydrogens is 396 g/mol. The lowest BCUT2D eigenvalue weighted by molar-refractivity contribution is -0.194. The fraction of sp³-hybridized carbons (Fsp3) is 0.619. The number of benzene rings is 1. The number of ether oxygens (including phenoxy) is 1. The highest BCUT2D eigenvalue weighted by Gasteiger charge is 2.63. The van der Waals surface area contributed by atoms with Crippen LogP contribution >= 0.6 is 23.8 Å². The molecule has 1 aromatic rings. The number of hydrogen-bond acceptors (Lipinski definition) is 4. The standard InChI is InChI=1S/C21H25ClN2O3S/c22-13-6-8-14(9-7-13)24-17-15-10-16(25)19(27-20(15)26)18(17)23(21(24)28)11-12-4-2-1-3-5-12/h6-9,12,15-19,25H,1-5,10-11H2. The number of halogens is 1. The van der Waals surface area contributed by atoms with Crippen LogP contribution in [0, 0.1) is 11.8 Å². The predicted octanol–water partition coefficient (Wildman–Crippen LogP) is 3.37. The van der Waals surface area contributed by atoms with Crippen molar-refractivity contribution in [3.63, 3.8) is 0 Å². The third-order valence-corrected chi connectivity index (χ3v) is 7.61. The molecule has 5 nitrogen and oxygen atoms in total. The number of aliphatic hydroxyl groups excluding tert-OH is 1. The van der Waals surface area contributed by atoms with Crippen LogP contribution in [-0.4, -0.2) is 51.9 Å². The van der Waals surface area contributed by atoms with Gasteiger partial charge in [-0.25, -0.2) is 0 Å². The Bertz CT molecular complexity index is 782. The van der Waals surface area contributed by atoms with Gasteiger partial charge in [0.1, 0.15) is 6.10 Å². The fourth-order valence-electron chi connectivity index (χ4n) is 5.62. The smallest absolute Gasteiger partial charge is 0.311 e. The zero-order valence-corrected chi connectivity index (χ0v) is 17.2. The van der Waals surface area contributed by atoms with Crippen LogP contribution in [0.15, 0.2) is 24.3 Å². The first-order valence-corrected chi connectivity index (χ1v) is 11.1. The molecule has 0 spiro atoms. The lowest BCUT2D eigenvalue weighted by Crippen LogP contribution is -2.66. The number of carbonyl (C=O) groups excluding carboxylic acids is 1. The molecule has 5 aliphatic rings. The summed E-state index contributed by atoms with van der Waals surface area (Å²) in [4.78, 5) is 16.9.